The second-order valence-electron chi connectivity index (χ2n) is 8.20. The molecule has 10 heteroatoms. The van der Waals surface area contributed by atoms with Crippen molar-refractivity contribution in [1.82, 2.24) is 24.2 Å². The number of piperazine rings is 1. The van der Waals surface area contributed by atoms with Crippen LogP contribution in [0.3, 0.4) is 0 Å². The lowest BCUT2D eigenvalue weighted by atomic mass is 10.2. The van der Waals surface area contributed by atoms with Crippen LogP contribution in [0.1, 0.15) is 0 Å². The van der Waals surface area contributed by atoms with Crippen molar-refractivity contribution in [2.75, 3.05) is 36.4 Å². The Balaban J connectivity index is 1.32. The van der Waals surface area contributed by atoms with E-state index in [4.69, 9.17) is 0 Å². The molecule has 0 aliphatic carbocycles. The van der Waals surface area contributed by atoms with Gasteiger partial charge in [-0.25, -0.2) is 17.4 Å². The second kappa shape index (κ2) is 8.15. The van der Waals surface area contributed by atoms with E-state index in [-0.39, 0.29) is 4.90 Å². The maximum absolute atomic E-state index is 13.5. The Bertz CT molecular complexity index is 1580. The van der Waals surface area contributed by atoms with Crippen LogP contribution in [0, 0.1) is 0 Å². The van der Waals surface area contributed by atoms with Gasteiger partial charge in [0.1, 0.15) is 4.90 Å². The molecule has 0 unspecified atom stereocenters. The Kier molecular flexibility index (Phi) is 4.96. The summed E-state index contributed by atoms with van der Waals surface area (Å²) in [5.41, 5.74) is 2.89. The van der Waals surface area contributed by atoms with Crippen molar-refractivity contribution in [2.45, 2.75) is 4.90 Å². The summed E-state index contributed by atoms with van der Waals surface area (Å²) in [5, 5.41) is 8.02. The average molecular weight is 474 g/mol. The van der Waals surface area contributed by atoms with Gasteiger partial charge in [-0.3, -0.25) is 0 Å². The van der Waals surface area contributed by atoms with Crippen molar-refractivity contribution in [1.29, 1.82) is 0 Å². The Morgan fingerprint density at radius 2 is 1.76 bits per heavy atom. The summed E-state index contributed by atoms with van der Waals surface area (Å²) < 4.78 is 28.3. The molecule has 0 bridgehead atoms. The molecule has 4 heterocycles. The molecule has 6 rings (SSSR count). The van der Waals surface area contributed by atoms with E-state index in [1.54, 1.807) is 30.6 Å². The first-order valence-corrected chi connectivity index (χ1v) is 12.5. The number of para-hydroxylation sites is 1. The van der Waals surface area contributed by atoms with Crippen LogP contribution in [0.15, 0.2) is 78.1 Å². The minimum absolute atomic E-state index is 0.198. The molecule has 1 aliphatic heterocycles. The van der Waals surface area contributed by atoms with Gasteiger partial charge in [0, 0.05) is 66.9 Å². The highest BCUT2D eigenvalue weighted by Gasteiger charge is 2.23. The lowest BCUT2D eigenvalue weighted by Crippen LogP contribution is -2.43. The summed E-state index contributed by atoms with van der Waals surface area (Å²) in [6.07, 6.45) is 4.87. The minimum atomic E-state index is -3.87. The predicted octanol–water partition coefficient (Wildman–Crippen LogP) is 3.30. The van der Waals surface area contributed by atoms with E-state index in [0.717, 1.165) is 37.3 Å². The van der Waals surface area contributed by atoms with E-state index in [1.165, 1.54) is 15.9 Å². The molecule has 0 amide bonds. The standard InChI is InChI=1S/C24H23N7O2S/c32-34(33,21-3-1-2-17-8-10-26-22(17)21)31-13-9-18-16-27-24(29-23(18)31)28-19-4-6-20(7-5-19)30-14-11-25-12-15-30/h1-10,13,16,25-26H,11-12,14-15H2,(H,27,28,29). The lowest BCUT2D eigenvalue weighted by molar-refractivity contribution is 0.589. The first-order chi connectivity index (χ1) is 16.6. The summed E-state index contributed by atoms with van der Waals surface area (Å²) in [6.45, 7) is 3.92. The van der Waals surface area contributed by atoms with Crippen LogP contribution >= 0.6 is 0 Å². The third-order valence-electron chi connectivity index (χ3n) is 6.09. The molecule has 0 saturated carbocycles. The number of benzene rings is 2. The largest absolute Gasteiger partial charge is 0.369 e. The number of hydrogen-bond acceptors (Lipinski definition) is 7. The van der Waals surface area contributed by atoms with Crippen LogP contribution < -0.4 is 15.5 Å². The highest BCUT2D eigenvalue weighted by Crippen LogP contribution is 2.27. The SMILES string of the molecule is O=S(=O)(c1cccc2cc[nH]c12)n1ccc2cnc(Nc3ccc(N4CCNCC4)cc3)nc21. The van der Waals surface area contributed by atoms with Gasteiger partial charge in [-0.1, -0.05) is 12.1 Å². The maximum Gasteiger partial charge on any atom is 0.271 e. The fraction of sp³-hybridized carbons (Fsp3) is 0.167. The van der Waals surface area contributed by atoms with Crippen molar-refractivity contribution in [3.8, 4) is 0 Å². The van der Waals surface area contributed by atoms with Crippen molar-refractivity contribution in [2.24, 2.45) is 0 Å². The number of rotatable bonds is 5. The molecular formula is C24H23N7O2S. The summed E-state index contributed by atoms with van der Waals surface area (Å²) in [6, 6.07) is 16.8. The molecule has 3 N–H and O–H groups in total. The van der Waals surface area contributed by atoms with Crippen LogP contribution in [0.4, 0.5) is 17.3 Å². The Hall–Kier alpha value is -3.89. The number of aromatic nitrogens is 4. The summed E-state index contributed by atoms with van der Waals surface area (Å²) in [4.78, 5) is 14.5. The number of aromatic amines is 1. The topological polar surface area (TPSA) is 108 Å². The zero-order chi connectivity index (χ0) is 23.1. The average Bonchev–Trinajstić information content (AvgIpc) is 3.52. The van der Waals surface area contributed by atoms with Gasteiger partial charge < -0.3 is 20.5 Å². The van der Waals surface area contributed by atoms with Gasteiger partial charge in [0.2, 0.25) is 5.95 Å². The quantitative estimate of drug-likeness (QED) is 0.359. The second-order valence-corrected chi connectivity index (χ2v) is 9.98. The smallest absolute Gasteiger partial charge is 0.271 e. The summed E-state index contributed by atoms with van der Waals surface area (Å²) in [7, 11) is -3.87. The van der Waals surface area contributed by atoms with E-state index >= 15 is 0 Å². The van der Waals surface area contributed by atoms with Crippen molar-refractivity contribution >= 4 is 49.3 Å². The zero-order valence-electron chi connectivity index (χ0n) is 18.3. The van der Waals surface area contributed by atoms with Crippen LogP contribution in [0.5, 0.6) is 0 Å². The van der Waals surface area contributed by atoms with Gasteiger partial charge in [-0.2, -0.15) is 4.98 Å². The van der Waals surface area contributed by atoms with Gasteiger partial charge >= 0.3 is 0 Å². The van der Waals surface area contributed by atoms with Gasteiger partial charge in [0.05, 0.1) is 5.52 Å². The minimum Gasteiger partial charge on any atom is -0.369 e. The maximum atomic E-state index is 13.5. The first-order valence-electron chi connectivity index (χ1n) is 11.1. The number of H-pyrrole nitrogens is 1. The molecule has 1 fully saturated rings. The van der Waals surface area contributed by atoms with E-state index in [0.29, 0.717) is 22.5 Å². The number of hydrogen-bond donors (Lipinski definition) is 3. The molecule has 0 spiro atoms. The van der Waals surface area contributed by atoms with Gasteiger partial charge in [-0.05, 0) is 42.5 Å². The van der Waals surface area contributed by atoms with E-state index < -0.39 is 10.0 Å². The highest BCUT2D eigenvalue weighted by molar-refractivity contribution is 7.90. The highest BCUT2D eigenvalue weighted by atomic mass is 32.2. The zero-order valence-corrected chi connectivity index (χ0v) is 19.1. The Labute approximate surface area is 196 Å². The van der Waals surface area contributed by atoms with Crippen LogP contribution in [-0.2, 0) is 10.0 Å². The third-order valence-corrected chi connectivity index (χ3v) is 7.79. The lowest BCUT2D eigenvalue weighted by Gasteiger charge is -2.29. The Morgan fingerprint density at radius 1 is 0.941 bits per heavy atom. The van der Waals surface area contributed by atoms with Crippen LogP contribution in [-0.4, -0.2) is 53.5 Å². The molecule has 172 valence electrons. The predicted molar refractivity (Wildman–Crippen MR) is 133 cm³/mol. The van der Waals surface area contributed by atoms with E-state index in [9.17, 15) is 8.42 Å². The molecule has 5 aromatic rings. The molecule has 9 nitrogen and oxygen atoms in total. The molecule has 1 aliphatic rings. The monoisotopic (exact) mass is 473 g/mol. The normalized spacial score (nSPS) is 14.6. The Morgan fingerprint density at radius 3 is 2.59 bits per heavy atom. The third kappa shape index (κ3) is 3.57. The molecule has 1 saturated heterocycles. The summed E-state index contributed by atoms with van der Waals surface area (Å²) in [5.74, 6) is 0.329. The van der Waals surface area contributed by atoms with Crippen LogP contribution in [0.25, 0.3) is 21.9 Å². The fourth-order valence-corrected chi connectivity index (χ4v) is 5.83. The van der Waals surface area contributed by atoms with Gasteiger partial charge in [0.25, 0.3) is 10.0 Å². The molecule has 0 radical (unpaired) electrons. The van der Waals surface area contributed by atoms with Crippen molar-refractivity contribution in [3.05, 3.63) is 73.2 Å². The van der Waals surface area contributed by atoms with Crippen LogP contribution in [0.2, 0.25) is 0 Å². The number of fused-ring (bicyclic) bond motifs is 2. The van der Waals surface area contributed by atoms with Crippen molar-refractivity contribution in [3.63, 3.8) is 0 Å². The number of nitrogens with zero attached hydrogens (tertiary/aromatic N) is 4. The molecule has 3 aromatic heterocycles. The van der Waals surface area contributed by atoms with Gasteiger partial charge in [0.15, 0.2) is 5.65 Å². The fourth-order valence-electron chi connectivity index (χ4n) is 4.33. The molecule has 0 atom stereocenters. The van der Waals surface area contributed by atoms with E-state index in [2.05, 4.69) is 42.6 Å². The molecular weight excluding hydrogens is 450 g/mol. The summed E-state index contributed by atoms with van der Waals surface area (Å²) >= 11 is 0. The van der Waals surface area contributed by atoms with Gasteiger partial charge in [-0.15, -0.1) is 0 Å². The molecule has 34 heavy (non-hydrogen) atoms. The van der Waals surface area contributed by atoms with E-state index in [1.807, 2.05) is 24.3 Å². The van der Waals surface area contributed by atoms with Crippen molar-refractivity contribution < 1.29 is 8.42 Å². The molecule has 2 aromatic carbocycles. The number of nitrogens with one attached hydrogen (secondary N) is 3. The number of anilines is 3. The first kappa shape index (κ1) is 20.7.